The average molecular weight is 528 g/mol. The summed E-state index contributed by atoms with van der Waals surface area (Å²) in [5.74, 6) is 1.14. The summed E-state index contributed by atoms with van der Waals surface area (Å²) in [5.41, 5.74) is 1.63. The van der Waals surface area contributed by atoms with Crippen molar-refractivity contribution in [1.82, 2.24) is 14.0 Å². The maximum Gasteiger partial charge on any atom is 0.333 e. The Labute approximate surface area is 219 Å². The minimum absolute atomic E-state index is 0.0834. The van der Waals surface area contributed by atoms with Crippen molar-refractivity contribution in [2.75, 3.05) is 13.7 Å². The van der Waals surface area contributed by atoms with Gasteiger partial charge in [0.25, 0.3) is 5.91 Å². The minimum atomic E-state index is -0.278. The number of amides is 1. The molecule has 1 aromatic heterocycles. The van der Waals surface area contributed by atoms with Crippen LogP contribution in [-0.2, 0) is 13.1 Å². The fraction of sp³-hybridized carbons (Fsp3) is 0.370. The van der Waals surface area contributed by atoms with Gasteiger partial charge in [-0.05, 0) is 67.1 Å². The molecule has 188 valence electrons. The molecule has 0 saturated heterocycles. The number of benzene rings is 2. The van der Waals surface area contributed by atoms with Crippen molar-refractivity contribution in [1.29, 1.82) is 0 Å². The summed E-state index contributed by atoms with van der Waals surface area (Å²) in [6, 6.07) is 11.8. The second kappa shape index (κ2) is 9.79. The van der Waals surface area contributed by atoms with E-state index in [0.717, 1.165) is 12.8 Å². The number of ether oxygens (including phenoxy) is 1. The number of carbonyl (C=O) groups excluding carboxylic acids is 2. The summed E-state index contributed by atoms with van der Waals surface area (Å²) in [6.45, 7) is 2.87. The lowest BCUT2D eigenvalue weighted by molar-refractivity contribution is 0.0706. The van der Waals surface area contributed by atoms with E-state index in [-0.39, 0.29) is 29.8 Å². The van der Waals surface area contributed by atoms with Gasteiger partial charge < -0.3 is 9.64 Å². The summed E-state index contributed by atoms with van der Waals surface area (Å²) >= 11 is 12.1. The molecule has 7 nitrogen and oxygen atoms in total. The summed E-state index contributed by atoms with van der Waals surface area (Å²) in [5, 5.41) is 0.668. The van der Waals surface area contributed by atoms with E-state index in [2.05, 4.69) is 6.92 Å². The van der Waals surface area contributed by atoms with Crippen LogP contribution in [0.4, 0.5) is 0 Å². The molecule has 0 radical (unpaired) electrons. The lowest BCUT2D eigenvalue weighted by atomic mass is 9.97. The number of Topliss-reactive ketones (excluding diaryl/α,β-unsaturated/α-hetero) is 1. The summed E-state index contributed by atoms with van der Waals surface area (Å²) in [6.07, 6.45) is 2.64. The van der Waals surface area contributed by atoms with Crippen LogP contribution in [0.25, 0.3) is 5.69 Å². The predicted molar refractivity (Wildman–Crippen MR) is 139 cm³/mol. The zero-order chi connectivity index (χ0) is 25.6. The molecule has 9 heteroatoms. The SMILES string of the molecule is COc1ccc(-n2c(C(=O)C[C@H](C)C3CC3)c3n(c2=O)CCN(C(=O)c2ccc(Cl)c(Cl)c2)C3)cc1. The van der Waals surface area contributed by atoms with Crippen LogP contribution >= 0.6 is 23.2 Å². The largest absolute Gasteiger partial charge is 0.497 e. The molecule has 0 unspecified atom stereocenters. The van der Waals surface area contributed by atoms with Gasteiger partial charge in [-0.1, -0.05) is 30.1 Å². The number of carbonyl (C=O) groups is 2. The van der Waals surface area contributed by atoms with E-state index in [1.165, 1.54) is 4.57 Å². The van der Waals surface area contributed by atoms with Gasteiger partial charge in [0.05, 0.1) is 35.1 Å². The first-order valence-electron chi connectivity index (χ1n) is 12.0. The molecule has 1 amide bonds. The molecule has 2 aromatic carbocycles. The Morgan fingerprint density at radius 2 is 1.78 bits per heavy atom. The number of hydrogen-bond donors (Lipinski definition) is 0. The molecule has 0 spiro atoms. The average Bonchev–Trinajstić information content (AvgIpc) is 3.69. The van der Waals surface area contributed by atoms with Gasteiger partial charge in [0, 0.05) is 25.1 Å². The van der Waals surface area contributed by atoms with Gasteiger partial charge >= 0.3 is 5.69 Å². The van der Waals surface area contributed by atoms with Crippen LogP contribution in [0, 0.1) is 11.8 Å². The monoisotopic (exact) mass is 527 g/mol. The van der Waals surface area contributed by atoms with Crippen LogP contribution in [0.2, 0.25) is 10.0 Å². The molecule has 36 heavy (non-hydrogen) atoms. The third kappa shape index (κ3) is 4.58. The molecule has 2 aliphatic rings. The van der Waals surface area contributed by atoms with Crippen molar-refractivity contribution in [2.45, 2.75) is 39.3 Å². The number of hydrogen-bond acceptors (Lipinski definition) is 4. The molecular formula is C27H27Cl2N3O4. The number of methoxy groups -OCH3 is 1. The summed E-state index contributed by atoms with van der Waals surface area (Å²) in [7, 11) is 1.58. The molecule has 1 atom stereocenters. The van der Waals surface area contributed by atoms with E-state index in [9.17, 15) is 14.4 Å². The Morgan fingerprint density at radius 3 is 2.42 bits per heavy atom. The Kier molecular flexibility index (Phi) is 6.70. The number of imidazole rings is 1. The highest BCUT2D eigenvalue weighted by Gasteiger charge is 2.35. The number of rotatable bonds is 7. The van der Waals surface area contributed by atoms with Gasteiger partial charge in [-0.15, -0.1) is 0 Å². The van der Waals surface area contributed by atoms with Gasteiger partial charge in [-0.2, -0.15) is 0 Å². The molecule has 3 aromatic rings. The van der Waals surface area contributed by atoms with E-state index < -0.39 is 0 Å². The first-order chi connectivity index (χ1) is 17.3. The predicted octanol–water partition coefficient (Wildman–Crippen LogP) is 5.23. The Bertz CT molecular complexity index is 1390. The van der Waals surface area contributed by atoms with Crippen molar-refractivity contribution >= 4 is 34.9 Å². The van der Waals surface area contributed by atoms with Crippen LogP contribution in [0.1, 0.15) is 52.7 Å². The minimum Gasteiger partial charge on any atom is -0.497 e. The zero-order valence-corrected chi connectivity index (χ0v) is 21.7. The van der Waals surface area contributed by atoms with Crippen LogP contribution in [0.15, 0.2) is 47.3 Å². The van der Waals surface area contributed by atoms with Crippen molar-refractivity contribution in [2.24, 2.45) is 11.8 Å². The number of halogens is 2. The second-order valence-corrected chi connectivity index (χ2v) is 10.4. The third-order valence-electron chi connectivity index (χ3n) is 7.16. The van der Waals surface area contributed by atoms with E-state index in [1.54, 1.807) is 59.0 Å². The fourth-order valence-electron chi connectivity index (χ4n) is 4.92. The van der Waals surface area contributed by atoms with Gasteiger partial charge in [0.2, 0.25) is 0 Å². The van der Waals surface area contributed by atoms with Crippen LogP contribution in [0.5, 0.6) is 5.75 Å². The van der Waals surface area contributed by atoms with Crippen LogP contribution in [0.3, 0.4) is 0 Å². The van der Waals surface area contributed by atoms with E-state index in [0.29, 0.717) is 63.9 Å². The third-order valence-corrected chi connectivity index (χ3v) is 7.90. The quantitative estimate of drug-likeness (QED) is 0.394. The number of nitrogens with zero attached hydrogens (tertiary/aromatic N) is 3. The molecule has 2 heterocycles. The van der Waals surface area contributed by atoms with Crippen molar-refractivity contribution < 1.29 is 14.3 Å². The number of fused-ring (bicyclic) bond motifs is 1. The maximum absolute atomic E-state index is 13.7. The van der Waals surface area contributed by atoms with Gasteiger partial charge in [-0.25, -0.2) is 4.79 Å². The Balaban J connectivity index is 1.55. The molecule has 1 fully saturated rings. The van der Waals surface area contributed by atoms with Gasteiger partial charge in [0.1, 0.15) is 11.4 Å². The van der Waals surface area contributed by atoms with Crippen molar-refractivity contribution in [3.8, 4) is 11.4 Å². The number of aromatic nitrogens is 2. The first kappa shape index (κ1) is 24.7. The lowest BCUT2D eigenvalue weighted by Crippen LogP contribution is -2.41. The van der Waals surface area contributed by atoms with Gasteiger partial charge in [0.15, 0.2) is 5.78 Å². The van der Waals surface area contributed by atoms with Gasteiger partial charge in [-0.3, -0.25) is 18.7 Å². The molecule has 1 aliphatic heterocycles. The Hall–Kier alpha value is -3.03. The molecule has 1 aliphatic carbocycles. The van der Waals surface area contributed by atoms with Crippen molar-refractivity contribution in [3.63, 3.8) is 0 Å². The second-order valence-electron chi connectivity index (χ2n) is 9.56. The highest BCUT2D eigenvalue weighted by atomic mass is 35.5. The van der Waals surface area contributed by atoms with E-state index in [1.807, 2.05) is 0 Å². The number of ketones is 1. The molecule has 5 rings (SSSR count). The zero-order valence-electron chi connectivity index (χ0n) is 20.2. The molecule has 0 N–H and O–H groups in total. The van der Waals surface area contributed by atoms with Crippen molar-refractivity contribution in [3.05, 3.63) is 79.9 Å². The highest BCUT2D eigenvalue weighted by Crippen LogP contribution is 2.39. The normalized spacial score (nSPS) is 15.9. The van der Waals surface area contributed by atoms with Crippen LogP contribution < -0.4 is 10.4 Å². The van der Waals surface area contributed by atoms with E-state index >= 15 is 0 Å². The molecule has 0 bridgehead atoms. The lowest BCUT2D eigenvalue weighted by Gasteiger charge is -2.28. The summed E-state index contributed by atoms with van der Waals surface area (Å²) in [4.78, 5) is 42.2. The molecule has 1 saturated carbocycles. The summed E-state index contributed by atoms with van der Waals surface area (Å²) < 4.78 is 8.37. The first-order valence-corrected chi connectivity index (χ1v) is 12.8. The smallest absolute Gasteiger partial charge is 0.333 e. The highest BCUT2D eigenvalue weighted by molar-refractivity contribution is 6.42. The van der Waals surface area contributed by atoms with E-state index in [4.69, 9.17) is 27.9 Å². The standard InChI is InChI=1S/C27H27Cl2N3O4/c1-16(17-3-4-17)13-24(33)25-23-15-30(26(34)18-5-10-21(28)22(29)14-18)11-12-31(23)27(35)32(25)19-6-8-20(36-2)9-7-19/h5-10,14,16-17H,3-4,11-13,15H2,1-2H3/t16-/m0/s1. The fourth-order valence-corrected chi connectivity index (χ4v) is 5.22. The maximum atomic E-state index is 13.7. The topological polar surface area (TPSA) is 73.5 Å². The van der Waals surface area contributed by atoms with Crippen LogP contribution in [-0.4, -0.2) is 39.4 Å². The Morgan fingerprint density at radius 1 is 1.06 bits per heavy atom. The molecular weight excluding hydrogens is 501 g/mol.